The molecule has 0 fully saturated rings. The summed E-state index contributed by atoms with van der Waals surface area (Å²) >= 11 is 0. The van der Waals surface area contributed by atoms with Crippen LogP contribution in [0.5, 0.6) is 0 Å². The Morgan fingerprint density at radius 2 is 1.73 bits per heavy atom. The lowest BCUT2D eigenvalue weighted by molar-refractivity contribution is -0.123. The first-order valence-electron chi connectivity index (χ1n) is 6.93. The molecule has 0 radical (unpaired) electrons. The molecule has 0 saturated heterocycles. The van der Waals surface area contributed by atoms with Crippen LogP contribution in [0.4, 0.5) is 0 Å². The Morgan fingerprint density at radius 3 is 2.36 bits per heavy atom. The molecule has 3 rings (SSSR count). The van der Waals surface area contributed by atoms with Crippen molar-refractivity contribution in [2.75, 3.05) is 0 Å². The van der Waals surface area contributed by atoms with Gasteiger partial charge in [0.15, 0.2) is 6.04 Å². The van der Waals surface area contributed by atoms with Crippen molar-refractivity contribution < 1.29 is 4.79 Å². The van der Waals surface area contributed by atoms with Gasteiger partial charge in [0.25, 0.3) is 0 Å². The molecular weight excluding hydrogens is 278 g/mol. The topological polar surface area (TPSA) is 72.7 Å². The molecule has 3 aromatic rings. The number of aromatic nitrogens is 4. The molecule has 110 valence electrons. The maximum atomic E-state index is 12.6. The minimum Gasteiger partial charge on any atom is -0.350 e. The van der Waals surface area contributed by atoms with E-state index in [0.717, 1.165) is 11.1 Å². The van der Waals surface area contributed by atoms with Gasteiger partial charge in [-0.25, -0.2) is 4.68 Å². The Kier molecular flexibility index (Phi) is 4.20. The lowest BCUT2D eigenvalue weighted by Gasteiger charge is -2.16. The maximum Gasteiger partial charge on any atom is 0.249 e. The number of rotatable bonds is 5. The number of carbonyl (C=O) groups excluding carboxylic acids is 1. The van der Waals surface area contributed by atoms with E-state index in [1.54, 1.807) is 0 Å². The van der Waals surface area contributed by atoms with Crippen molar-refractivity contribution >= 4 is 5.91 Å². The Bertz CT molecular complexity index is 713. The van der Waals surface area contributed by atoms with E-state index in [9.17, 15) is 4.79 Å². The molecule has 1 N–H and O–H groups in total. The van der Waals surface area contributed by atoms with E-state index in [1.807, 2.05) is 60.7 Å². The molecule has 0 aliphatic heterocycles. The molecule has 6 nitrogen and oxygen atoms in total. The number of amides is 1. The molecule has 22 heavy (non-hydrogen) atoms. The van der Waals surface area contributed by atoms with Crippen molar-refractivity contribution in [3.63, 3.8) is 0 Å². The van der Waals surface area contributed by atoms with Gasteiger partial charge in [-0.2, -0.15) is 0 Å². The largest absolute Gasteiger partial charge is 0.350 e. The maximum absolute atomic E-state index is 12.6. The summed E-state index contributed by atoms with van der Waals surface area (Å²) in [6, 6.07) is 18.6. The Morgan fingerprint density at radius 1 is 1.05 bits per heavy atom. The van der Waals surface area contributed by atoms with Crippen molar-refractivity contribution in [2.24, 2.45) is 0 Å². The second-order valence-corrected chi connectivity index (χ2v) is 4.81. The van der Waals surface area contributed by atoms with Crippen molar-refractivity contribution in [3.8, 4) is 0 Å². The fraction of sp³-hybridized carbons (Fsp3) is 0.125. The van der Waals surface area contributed by atoms with Crippen LogP contribution in [0.1, 0.15) is 17.2 Å². The van der Waals surface area contributed by atoms with E-state index in [1.165, 1.54) is 11.0 Å². The van der Waals surface area contributed by atoms with Gasteiger partial charge >= 0.3 is 0 Å². The third kappa shape index (κ3) is 3.17. The first-order chi connectivity index (χ1) is 10.8. The number of nitrogens with one attached hydrogen (secondary N) is 1. The average molecular weight is 293 g/mol. The van der Waals surface area contributed by atoms with Crippen molar-refractivity contribution in [1.82, 2.24) is 25.5 Å². The third-order valence-corrected chi connectivity index (χ3v) is 3.30. The molecule has 1 aromatic heterocycles. The monoisotopic (exact) mass is 293 g/mol. The highest BCUT2D eigenvalue weighted by Crippen LogP contribution is 2.17. The normalized spacial score (nSPS) is 11.8. The number of carbonyl (C=O) groups is 1. The molecule has 0 bridgehead atoms. The first-order valence-corrected chi connectivity index (χ1v) is 6.93. The SMILES string of the molecule is O=C(NCc1ccccc1)C(c1ccccc1)n1cnnn1. The fourth-order valence-electron chi connectivity index (χ4n) is 2.23. The van der Waals surface area contributed by atoms with Crippen LogP contribution in [0.2, 0.25) is 0 Å². The third-order valence-electron chi connectivity index (χ3n) is 3.30. The summed E-state index contributed by atoms with van der Waals surface area (Å²) in [5, 5.41) is 14.0. The molecule has 0 saturated carbocycles. The van der Waals surface area contributed by atoms with Gasteiger partial charge in [0.1, 0.15) is 6.33 Å². The highest BCUT2D eigenvalue weighted by atomic mass is 16.2. The summed E-state index contributed by atoms with van der Waals surface area (Å²) in [7, 11) is 0. The van der Waals surface area contributed by atoms with Crippen LogP contribution in [-0.4, -0.2) is 26.1 Å². The molecule has 1 unspecified atom stereocenters. The van der Waals surface area contributed by atoms with Crippen molar-refractivity contribution in [2.45, 2.75) is 12.6 Å². The molecule has 1 heterocycles. The minimum absolute atomic E-state index is 0.151. The minimum atomic E-state index is -0.583. The zero-order valence-electron chi connectivity index (χ0n) is 11.8. The van der Waals surface area contributed by atoms with E-state index in [-0.39, 0.29) is 5.91 Å². The van der Waals surface area contributed by atoms with Gasteiger partial charge in [-0.15, -0.1) is 5.10 Å². The highest BCUT2D eigenvalue weighted by Gasteiger charge is 2.23. The van der Waals surface area contributed by atoms with Gasteiger partial charge < -0.3 is 5.32 Å². The molecule has 1 atom stereocenters. The van der Waals surface area contributed by atoms with Crippen LogP contribution < -0.4 is 5.32 Å². The molecule has 6 heteroatoms. The molecule has 2 aromatic carbocycles. The zero-order valence-corrected chi connectivity index (χ0v) is 11.8. The first kappa shape index (κ1) is 13.9. The zero-order chi connectivity index (χ0) is 15.2. The lowest BCUT2D eigenvalue weighted by Crippen LogP contribution is -2.33. The Hall–Kier alpha value is -3.02. The lowest BCUT2D eigenvalue weighted by atomic mass is 10.1. The number of hydrogen-bond acceptors (Lipinski definition) is 4. The molecule has 1 amide bonds. The molecule has 0 aliphatic carbocycles. The fourth-order valence-corrected chi connectivity index (χ4v) is 2.23. The van der Waals surface area contributed by atoms with Gasteiger partial charge in [-0.05, 0) is 21.6 Å². The van der Waals surface area contributed by atoms with Gasteiger partial charge in [0.2, 0.25) is 5.91 Å². The highest BCUT2D eigenvalue weighted by molar-refractivity contribution is 5.83. The van der Waals surface area contributed by atoms with E-state index in [0.29, 0.717) is 6.54 Å². The van der Waals surface area contributed by atoms with Crippen LogP contribution in [0.3, 0.4) is 0 Å². The standard InChI is InChI=1S/C16H15N5O/c22-16(17-11-13-7-3-1-4-8-13)15(21-12-18-19-20-21)14-9-5-2-6-10-14/h1-10,12,15H,11H2,(H,17,22). The summed E-state index contributed by atoms with van der Waals surface area (Å²) in [4.78, 5) is 12.6. The van der Waals surface area contributed by atoms with Gasteiger partial charge in [0.05, 0.1) is 0 Å². The van der Waals surface area contributed by atoms with Crippen LogP contribution in [-0.2, 0) is 11.3 Å². The molecule has 0 spiro atoms. The molecule has 0 aliphatic rings. The quantitative estimate of drug-likeness (QED) is 0.775. The average Bonchev–Trinajstić information content (AvgIpc) is 3.09. The van der Waals surface area contributed by atoms with Crippen molar-refractivity contribution in [1.29, 1.82) is 0 Å². The summed E-state index contributed by atoms with van der Waals surface area (Å²) < 4.78 is 1.45. The summed E-state index contributed by atoms with van der Waals surface area (Å²) in [5.41, 5.74) is 1.87. The smallest absolute Gasteiger partial charge is 0.249 e. The summed E-state index contributed by atoms with van der Waals surface area (Å²) in [6.07, 6.45) is 1.44. The second kappa shape index (κ2) is 6.62. The predicted octanol–water partition coefficient (Wildman–Crippen LogP) is 1.58. The molecular formula is C16H15N5O. The van der Waals surface area contributed by atoms with E-state index >= 15 is 0 Å². The number of hydrogen-bond donors (Lipinski definition) is 1. The summed E-state index contributed by atoms with van der Waals surface area (Å²) in [6.45, 7) is 0.463. The van der Waals surface area contributed by atoms with Crippen molar-refractivity contribution in [3.05, 3.63) is 78.1 Å². The van der Waals surface area contributed by atoms with Gasteiger partial charge in [-0.1, -0.05) is 60.7 Å². The number of tetrazole rings is 1. The van der Waals surface area contributed by atoms with Crippen LogP contribution >= 0.6 is 0 Å². The van der Waals surface area contributed by atoms with Crippen LogP contribution in [0.15, 0.2) is 67.0 Å². The van der Waals surface area contributed by atoms with Gasteiger partial charge in [0, 0.05) is 6.54 Å². The van der Waals surface area contributed by atoms with E-state index < -0.39 is 6.04 Å². The van der Waals surface area contributed by atoms with Crippen LogP contribution in [0.25, 0.3) is 0 Å². The van der Waals surface area contributed by atoms with E-state index in [4.69, 9.17) is 0 Å². The van der Waals surface area contributed by atoms with Crippen LogP contribution in [0, 0.1) is 0 Å². The number of benzene rings is 2. The van der Waals surface area contributed by atoms with Gasteiger partial charge in [-0.3, -0.25) is 4.79 Å². The summed E-state index contributed by atoms with van der Waals surface area (Å²) in [5.74, 6) is -0.151. The Balaban J connectivity index is 1.79. The second-order valence-electron chi connectivity index (χ2n) is 4.81. The Labute approximate surface area is 127 Å². The predicted molar refractivity (Wildman–Crippen MR) is 80.7 cm³/mol. The van der Waals surface area contributed by atoms with E-state index in [2.05, 4.69) is 20.8 Å². The number of nitrogens with zero attached hydrogens (tertiary/aromatic N) is 4.